The Morgan fingerprint density at radius 3 is 2.40 bits per heavy atom. The predicted molar refractivity (Wildman–Crippen MR) is 81.7 cm³/mol. The molecule has 2 aromatic rings. The molecule has 4 nitrogen and oxygen atoms in total. The molecule has 0 spiro atoms. The van der Waals surface area contributed by atoms with Crippen LogP contribution in [0.4, 0.5) is 5.82 Å². The van der Waals surface area contributed by atoms with E-state index in [0.29, 0.717) is 11.7 Å². The highest BCUT2D eigenvalue weighted by atomic mass is 15.2. The summed E-state index contributed by atoms with van der Waals surface area (Å²) in [4.78, 5) is 6.51. The van der Waals surface area contributed by atoms with E-state index in [1.54, 1.807) is 0 Å². The van der Waals surface area contributed by atoms with Crippen LogP contribution >= 0.6 is 0 Å². The number of rotatable bonds is 2. The Labute approximate surface area is 118 Å². The zero-order chi connectivity index (χ0) is 13.9. The number of amidine groups is 1. The van der Waals surface area contributed by atoms with Gasteiger partial charge in [0.05, 0.1) is 11.3 Å². The van der Waals surface area contributed by atoms with Gasteiger partial charge in [-0.15, -0.1) is 0 Å². The van der Waals surface area contributed by atoms with Crippen molar-refractivity contribution in [3.8, 4) is 11.3 Å². The number of aromatic nitrogens is 1. The first kappa shape index (κ1) is 12.7. The molecule has 3 rings (SSSR count). The lowest BCUT2D eigenvalue weighted by atomic mass is 10.1. The number of anilines is 1. The Kier molecular flexibility index (Phi) is 3.37. The van der Waals surface area contributed by atoms with E-state index in [-0.39, 0.29) is 0 Å². The van der Waals surface area contributed by atoms with Crippen LogP contribution in [-0.4, -0.2) is 28.8 Å². The number of hydrogen-bond acceptors (Lipinski definition) is 3. The van der Waals surface area contributed by atoms with Gasteiger partial charge in [-0.05, 0) is 25.0 Å². The summed E-state index contributed by atoms with van der Waals surface area (Å²) in [5, 5.41) is 8.25. The zero-order valence-electron chi connectivity index (χ0n) is 11.3. The number of nitrogens with one attached hydrogen (secondary N) is 1. The lowest BCUT2D eigenvalue weighted by Crippen LogP contribution is -2.28. The maximum atomic E-state index is 8.25. The number of hydrogen-bond donors (Lipinski definition) is 2. The van der Waals surface area contributed by atoms with Crippen LogP contribution in [0.25, 0.3) is 11.3 Å². The van der Waals surface area contributed by atoms with Gasteiger partial charge in [0.2, 0.25) is 0 Å². The van der Waals surface area contributed by atoms with Crippen molar-refractivity contribution in [1.29, 1.82) is 5.41 Å². The van der Waals surface area contributed by atoms with Crippen molar-refractivity contribution in [2.45, 2.75) is 12.8 Å². The Bertz CT molecular complexity index is 616. The van der Waals surface area contributed by atoms with Crippen molar-refractivity contribution in [2.75, 3.05) is 18.8 Å². The molecular formula is C16H18N4. The summed E-state index contributed by atoms with van der Waals surface area (Å²) in [6.45, 7) is 1.89. The monoisotopic (exact) mass is 266 g/mol. The molecule has 0 atom stereocenters. The maximum Gasteiger partial charge on any atom is 0.135 e. The first-order chi connectivity index (χ1) is 9.75. The number of nitrogens with two attached hydrogens (primary N) is 1. The summed E-state index contributed by atoms with van der Waals surface area (Å²) in [5.41, 5.74) is 8.67. The molecule has 1 saturated heterocycles. The van der Waals surface area contributed by atoms with Gasteiger partial charge in [-0.3, -0.25) is 5.41 Å². The molecule has 1 aliphatic heterocycles. The normalized spacial score (nSPS) is 14.5. The van der Waals surface area contributed by atoms with E-state index in [1.807, 2.05) is 42.5 Å². The van der Waals surface area contributed by atoms with Crippen LogP contribution in [0.5, 0.6) is 0 Å². The second kappa shape index (κ2) is 5.33. The SMILES string of the molecule is N=C(c1ccc(-c2ccccc2)nc1N)N1CCCC1. The molecule has 102 valence electrons. The molecule has 0 radical (unpaired) electrons. The topological polar surface area (TPSA) is 66.0 Å². The predicted octanol–water partition coefficient (Wildman–Crippen LogP) is 2.75. The lowest BCUT2D eigenvalue weighted by molar-refractivity contribution is 0.517. The highest BCUT2D eigenvalue weighted by Crippen LogP contribution is 2.22. The highest BCUT2D eigenvalue weighted by molar-refractivity contribution is 6.00. The molecule has 20 heavy (non-hydrogen) atoms. The molecule has 0 saturated carbocycles. The largest absolute Gasteiger partial charge is 0.383 e. The first-order valence-electron chi connectivity index (χ1n) is 6.91. The average molecular weight is 266 g/mol. The Hall–Kier alpha value is -2.36. The Balaban J connectivity index is 1.90. The Morgan fingerprint density at radius 2 is 1.75 bits per heavy atom. The third-order valence-corrected chi connectivity index (χ3v) is 3.67. The van der Waals surface area contributed by atoms with E-state index >= 15 is 0 Å². The van der Waals surface area contributed by atoms with Gasteiger partial charge in [-0.25, -0.2) is 4.98 Å². The quantitative estimate of drug-likeness (QED) is 0.649. The molecule has 1 aromatic carbocycles. The van der Waals surface area contributed by atoms with Gasteiger partial charge in [-0.2, -0.15) is 0 Å². The van der Waals surface area contributed by atoms with Crippen molar-refractivity contribution < 1.29 is 0 Å². The van der Waals surface area contributed by atoms with E-state index in [1.165, 1.54) is 0 Å². The van der Waals surface area contributed by atoms with E-state index in [9.17, 15) is 0 Å². The molecule has 0 amide bonds. The van der Waals surface area contributed by atoms with Crippen molar-refractivity contribution >= 4 is 11.7 Å². The first-order valence-corrected chi connectivity index (χ1v) is 6.91. The third-order valence-electron chi connectivity index (χ3n) is 3.67. The fourth-order valence-electron chi connectivity index (χ4n) is 2.56. The summed E-state index contributed by atoms with van der Waals surface area (Å²) < 4.78 is 0. The maximum absolute atomic E-state index is 8.25. The summed E-state index contributed by atoms with van der Waals surface area (Å²) in [6.07, 6.45) is 2.30. The van der Waals surface area contributed by atoms with Crippen LogP contribution in [-0.2, 0) is 0 Å². The van der Waals surface area contributed by atoms with E-state index in [0.717, 1.165) is 42.8 Å². The minimum atomic E-state index is 0.434. The molecule has 0 aliphatic carbocycles. The smallest absolute Gasteiger partial charge is 0.135 e. The minimum absolute atomic E-state index is 0.434. The fraction of sp³-hybridized carbons (Fsp3) is 0.250. The number of benzene rings is 1. The van der Waals surface area contributed by atoms with Crippen LogP contribution in [0.1, 0.15) is 18.4 Å². The number of pyridine rings is 1. The van der Waals surface area contributed by atoms with Crippen LogP contribution in [0, 0.1) is 5.41 Å². The van der Waals surface area contributed by atoms with Gasteiger partial charge >= 0.3 is 0 Å². The number of likely N-dealkylation sites (tertiary alicyclic amines) is 1. The zero-order valence-corrected chi connectivity index (χ0v) is 11.3. The average Bonchev–Trinajstić information content (AvgIpc) is 3.01. The summed E-state index contributed by atoms with van der Waals surface area (Å²) in [7, 11) is 0. The molecule has 0 bridgehead atoms. The molecular weight excluding hydrogens is 248 g/mol. The van der Waals surface area contributed by atoms with Crippen molar-refractivity contribution in [3.05, 3.63) is 48.0 Å². The van der Waals surface area contributed by atoms with Crippen LogP contribution in [0.15, 0.2) is 42.5 Å². The summed E-state index contributed by atoms with van der Waals surface area (Å²) in [5.74, 6) is 0.926. The van der Waals surface area contributed by atoms with Crippen molar-refractivity contribution in [3.63, 3.8) is 0 Å². The minimum Gasteiger partial charge on any atom is -0.383 e. The van der Waals surface area contributed by atoms with Crippen LogP contribution < -0.4 is 5.73 Å². The molecule has 2 heterocycles. The summed E-state index contributed by atoms with van der Waals surface area (Å²) in [6, 6.07) is 13.8. The Morgan fingerprint density at radius 1 is 1.05 bits per heavy atom. The highest BCUT2D eigenvalue weighted by Gasteiger charge is 2.18. The molecule has 1 aliphatic rings. The second-order valence-electron chi connectivity index (χ2n) is 5.04. The van der Waals surface area contributed by atoms with Crippen molar-refractivity contribution in [1.82, 2.24) is 9.88 Å². The molecule has 4 heteroatoms. The molecule has 0 unspecified atom stereocenters. The van der Waals surface area contributed by atoms with Gasteiger partial charge in [0.25, 0.3) is 0 Å². The van der Waals surface area contributed by atoms with Gasteiger partial charge in [0.1, 0.15) is 11.7 Å². The lowest BCUT2D eigenvalue weighted by Gasteiger charge is -2.19. The van der Waals surface area contributed by atoms with Crippen LogP contribution in [0.2, 0.25) is 0 Å². The number of nitrogens with zero attached hydrogens (tertiary/aromatic N) is 2. The number of nitrogen functional groups attached to an aromatic ring is 1. The van der Waals surface area contributed by atoms with Gasteiger partial charge in [0, 0.05) is 18.7 Å². The molecule has 3 N–H and O–H groups in total. The molecule has 1 fully saturated rings. The fourth-order valence-corrected chi connectivity index (χ4v) is 2.56. The van der Waals surface area contributed by atoms with Gasteiger partial charge < -0.3 is 10.6 Å². The van der Waals surface area contributed by atoms with E-state index in [2.05, 4.69) is 9.88 Å². The van der Waals surface area contributed by atoms with E-state index < -0.39 is 0 Å². The van der Waals surface area contributed by atoms with E-state index in [4.69, 9.17) is 11.1 Å². The van der Waals surface area contributed by atoms with Crippen LogP contribution in [0.3, 0.4) is 0 Å². The third kappa shape index (κ3) is 2.37. The van der Waals surface area contributed by atoms with Crippen molar-refractivity contribution in [2.24, 2.45) is 0 Å². The summed E-state index contributed by atoms with van der Waals surface area (Å²) >= 11 is 0. The second-order valence-corrected chi connectivity index (χ2v) is 5.04. The standard InChI is InChI=1S/C16H18N4/c17-15-13(16(18)20-10-4-5-11-20)8-9-14(19-15)12-6-2-1-3-7-12/h1-3,6-9,18H,4-5,10-11H2,(H2,17,19). The van der Waals surface area contributed by atoms with Gasteiger partial charge in [0.15, 0.2) is 0 Å². The van der Waals surface area contributed by atoms with Gasteiger partial charge in [-0.1, -0.05) is 30.3 Å². The molecule has 1 aromatic heterocycles.